The highest BCUT2D eigenvalue weighted by atomic mass is 16.5. The van der Waals surface area contributed by atoms with Crippen LogP contribution in [0, 0.1) is 12.8 Å². The lowest BCUT2D eigenvalue weighted by molar-refractivity contribution is -0.122. The third kappa shape index (κ3) is 3.76. The van der Waals surface area contributed by atoms with Crippen molar-refractivity contribution < 1.29 is 9.53 Å². The number of hydrogen-bond acceptors (Lipinski definition) is 4. The first kappa shape index (κ1) is 18.2. The zero-order valence-corrected chi connectivity index (χ0v) is 15.9. The summed E-state index contributed by atoms with van der Waals surface area (Å²) >= 11 is 0. The van der Waals surface area contributed by atoms with Crippen molar-refractivity contribution in [1.29, 1.82) is 0 Å². The van der Waals surface area contributed by atoms with E-state index in [4.69, 9.17) is 4.74 Å². The average Bonchev–Trinajstić information content (AvgIpc) is 2.92. The van der Waals surface area contributed by atoms with Gasteiger partial charge in [0.15, 0.2) is 0 Å². The van der Waals surface area contributed by atoms with E-state index < -0.39 is 0 Å². The zero-order chi connectivity index (χ0) is 19.5. The van der Waals surface area contributed by atoms with Crippen molar-refractivity contribution in [2.75, 3.05) is 13.2 Å². The largest absolute Gasteiger partial charge is 0.493 e. The minimum Gasteiger partial charge on any atom is -0.493 e. The van der Waals surface area contributed by atoms with E-state index in [0.29, 0.717) is 24.5 Å². The summed E-state index contributed by atoms with van der Waals surface area (Å²) in [5.41, 5.74) is 1.66. The second-order valence-corrected chi connectivity index (χ2v) is 7.21. The Hall–Kier alpha value is -3.15. The molecule has 1 amide bonds. The minimum atomic E-state index is -0.242. The standard InChI is InChI=1S/C22H23N3O3/c1-15-18-7-3-4-8-19(18)22(27)25(24-15)14-21(26)23-13-16-10-11-28-20-9-5-2-6-17(20)12-16/h2-9,16H,10-14H2,1H3,(H,23,26)/t16-/m1/s1. The summed E-state index contributed by atoms with van der Waals surface area (Å²) in [5, 5.41) is 8.67. The first-order valence-corrected chi connectivity index (χ1v) is 9.55. The number of rotatable bonds is 4. The predicted molar refractivity (Wildman–Crippen MR) is 107 cm³/mol. The third-order valence-corrected chi connectivity index (χ3v) is 5.20. The second kappa shape index (κ2) is 7.84. The van der Waals surface area contributed by atoms with Crippen molar-refractivity contribution >= 4 is 16.7 Å². The fourth-order valence-electron chi connectivity index (χ4n) is 3.70. The van der Waals surface area contributed by atoms with Crippen LogP contribution in [-0.2, 0) is 17.8 Å². The molecule has 1 aliphatic rings. The van der Waals surface area contributed by atoms with Gasteiger partial charge in [0.2, 0.25) is 5.91 Å². The quantitative estimate of drug-likeness (QED) is 0.758. The number of nitrogens with zero attached hydrogens (tertiary/aromatic N) is 2. The summed E-state index contributed by atoms with van der Waals surface area (Å²) in [4.78, 5) is 25.1. The van der Waals surface area contributed by atoms with Gasteiger partial charge in [-0.2, -0.15) is 5.10 Å². The number of nitrogens with one attached hydrogen (secondary N) is 1. The fourth-order valence-corrected chi connectivity index (χ4v) is 3.70. The number of amides is 1. The Morgan fingerprint density at radius 3 is 2.79 bits per heavy atom. The first-order valence-electron chi connectivity index (χ1n) is 9.55. The van der Waals surface area contributed by atoms with Gasteiger partial charge in [-0.3, -0.25) is 9.59 Å². The number of aromatic nitrogens is 2. The van der Waals surface area contributed by atoms with Crippen LogP contribution < -0.4 is 15.6 Å². The van der Waals surface area contributed by atoms with E-state index in [1.807, 2.05) is 43.3 Å². The summed E-state index contributed by atoms with van der Waals surface area (Å²) in [6.07, 6.45) is 1.74. The number of para-hydroxylation sites is 1. The van der Waals surface area contributed by atoms with Crippen molar-refractivity contribution in [2.24, 2.45) is 5.92 Å². The summed E-state index contributed by atoms with van der Waals surface area (Å²) < 4.78 is 7.03. The van der Waals surface area contributed by atoms with Crippen LogP contribution in [0.5, 0.6) is 5.75 Å². The number of hydrogen-bond donors (Lipinski definition) is 1. The van der Waals surface area contributed by atoms with Gasteiger partial charge in [-0.25, -0.2) is 4.68 Å². The Morgan fingerprint density at radius 2 is 1.93 bits per heavy atom. The number of fused-ring (bicyclic) bond motifs is 2. The molecule has 4 rings (SSSR count). The van der Waals surface area contributed by atoms with E-state index >= 15 is 0 Å². The van der Waals surface area contributed by atoms with Gasteiger partial charge >= 0.3 is 0 Å². The number of carbonyl (C=O) groups excluding carboxylic acids is 1. The molecule has 0 radical (unpaired) electrons. The van der Waals surface area contributed by atoms with Gasteiger partial charge in [0.25, 0.3) is 5.56 Å². The average molecular weight is 377 g/mol. The number of benzene rings is 2. The molecule has 0 bridgehead atoms. The lowest BCUT2D eigenvalue weighted by Crippen LogP contribution is -2.36. The molecule has 1 aliphatic heterocycles. The lowest BCUT2D eigenvalue weighted by atomic mass is 9.97. The van der Waals surface area contributed by atoms with Gasteiger partial charge in [-0.1, -0.05) is 36.4 Å². The van der Waals surface area contributed by atoms with Gasteiger partial charge in [0, 0.05) is 11.9 Å². The highest BCUT2D eigenvalue weighted by Gasteiger charge is 2.18. The summed E-state index contributed by atoms with van der Waals surface area (Å²) in [5.74, 6) is 1.03. The molecule has 6 nitrogen and oxygen atoms in total. The molecule has 2 aromatic carbocycles. The topological polar surface area (TPSA) is 73.2 Å². The van der Waals surface area contributed by atoms with E-state index in [1.165, 1.54) is 10.2 Å². The van der Waals surface area contributed by atoms with Crippen molar-refractivity contribution in [3.8, 4) is 5.75 Å². The number of aryl methyl sites for hydroxylation is 1. The second-order valence-electron chi connectivity index (χ2n) is 7.21. The van der Waals surface area contributed by atoms with Crippen molar-refractivity contribution in [2.45, 2.75) is 26.3 Å². The molecule has 0 aliphatic carbocycles. The molecule has 3 aromatic rings. The molecule has 28 heavy (non-hydrogen) atoms. The van der Waals surface area contributed by atoms with Gasteiger partial charge in [-0.15, -0.1) is 0 Å². The fraction of sp³-hybridized carbons (Fsp3) is 0.318. The van der Waals surface area contributed by atoms with E-state index in [-0.39, 0.29) is 18.0 Å². The predicted octanol–water partition coefficient (Wildman–Crippen LogP) is 2.46. The van der Waals surface area contributed by atoms with E-state index in [2.05, 4.69) is 16.5 Å². The summed E-state index contributed by atoms with van der Waals surface area (Å²) in [6.45, 7) is 2.96. The first-order chi connectivity index (χ1) is 13.6. The molecule has 0 spiro atoms. The summed E-state index contributed by atoms with van der Waals surface area (Å²) in [7, 11) is 0. The Kier molecular flexibility index (Phi) is 5.10. The molecule has 0 unspecified atom stereocenters. The molecule has 1 aromatic heterocycles. The Bertz CT molecular complexity index is 1070. The SMILES string of the molecule is Cc1nn(CC(=O)NC[C@@H]2CCOc3ccccc3C2)c(=O)c2ccccc12. The van der Waals surface area contributed by atoms with Gasteiger partial charge < -0.3 is 10.1 Å². The maximum absolute atomic E-state index is 12.6. The Balaban J connectivity index is 1.42. The number of carbonyl (C=O) groups is 1. The molecule has 0 fully saturated rings. The molecule has 6 heteroatoms. The van der Waals surface area contributed by atoms with E-state index in [0.717, 1.165) is 29.7 Å². The molecular formula is C22H23N3O3. The van der Waals surface area contributed by atoms with Crippen LogP contribution in [0.2, 0.25) is 0 Å². The van der Waals surface area contributed by atoms with Crippen molar-refractivity contribution in [3.63, 3.8) is 0 Å². The minimum absolute atomic E-state index is 0.0791. The number of ether oxygens (including phenoxy) is 1. The molecule has 1 atom stereocenters. The lowest BCUT2D eigenvalue weighted by Gasteiger charge is -2.15. The van der Waals surface area contributed by atoms with E-state index in [9.17, 15) is 9.59 Å². The molecule has 1 N–H and O–H groups in total. The van der Waals surface area contributed by atoms with Crippen LogP contribution in [0.1, 0.15) is 17.7 Å². The summed E-state index contributed by atoms with van der Waals surface area (Å²) in [6, 6.07) is 15.4. The highest BCUT2D eigenvalue weighted by molar-refractivity contribution is 5.83. The van der Waals surface area contributed by atoms with Crippen molar-refractivity contribution in [1.82, 2.24) is 15.1 Å². The maximum Gasteiger partial charge on any atom is 0.275 e. The van der Waals surface area contributed by atoms with Gasteiger partial charge in [0.1, 0.15) is 12.3 Å². The van der Waals surface area contributed by atoms with Crippen LogP contribution in [0.4, 0.5) is 0 Å². The molecule has 2 heterocycles. The van der Waals surface area contributed by atoms with Crippen LogP contribution in [-0.4, -0.2) is 28.8 Å². The van der Waals surface area contributed by atoms with E-state index in [1.54, 1.807) is 6.07 Å². The molecule has 0 saturated heterocycles. The monoisotopic (exact) mass is 377 g/mol. The van der Waals surface area contributed by atoms with Gasteiger partial charge in [0.05, 0.1) is 17.7 Å². The smallest absolute Gasteiger partial charge is 0.275 e. The van der Waals surface area contributed by atoms with Crippen LogP contribution in [0.3, 0.4) is 0 Å². The molecular weight excluding hydrogens is 354 g/mol. The molecule has 144 valence electrons. The Labute approximate surface area is 163 Å². The molecule has 0 saturated carbocycles. The van der Waals surface area contributed by atoms with Crippen LogP contribution in [0.25, 0.3) is 10.8 Å². The third-order valence-electron chi connectivity index (χ3n) is 5.20. The maximum atomic E-state index is 12.6. The highest BCUT2D eigenvalue weighted by Crippen LogP contribution is 2.26. The van der Waals surface area contributed by atoms with Crippen LogP contribution in [0.15, 0.2) is 53.3 Å². The van der Waals surface area contributed by atoms with Crippen molar-refractivity contribution in [3.05, 3.63) is 70.1 Å². The van der Waals surface area contributed by atoms with Gasteiger partial charge in [-0.05, 0) is 43.4 Å². The van der Waals surface area contributed by atoms with Crippen LogP contribution >= 0.6 is 0 Å². The Morgan fingerprint density at radius 1 is 1.18 bits per heavy atom. The normalized spacial score (nSPS) is 16.1. The zero-order valence-electron chi connectivity index (χ0n) is 15.9.